The third kappa shape index (κ3) is 2.16. The summed E-state index contributed by atoms with van der Waals surface area (Å²) in [5, 5.41) is 21.0. The second kappa shape index (κ2) is 5.05. The lowest BCUT2D eigenvalue weighted by atomic mass is 10.2. The van der Waals surface area contributed by atoms with Gasteiger partial charge in [-0.1, -0.05) is 6.07 Å². The van der Waals surface area contributed by atoms with E-state index in [-0.39, 0.29) is 0 Å². The zero-order valence-corrected chi connectivity index (χ0v) is 12.7. The smallest absolute Gasteiger partial charge is 0.216 e. The van der Waals surface area contributed by atoms with Crippen molar-refractivity contribution in [3.8, 4) is 11.5 Å². The summed E-state index contributed by atoms with van der Waals surface area (Å²) in [5.74, 6) is 0.659. The Balaban J connectivity index is 1.78. The van der Waals surface area contributed by atoms with Gasteiger partial charge in [-0.2, -0.15) is 20.0 Å². The number of hydrogen-bond acceptors (Lipinski definition) is 5. The number of nitrogens with zero attached hydrogens (tertiary/aromatic N) is 4. The molecule has 21 heavy (non-hydrogen) atoms. The first-order chi connectivity index (χ1) is 10.3. The number of thiophene rings is 1. The summed E-state index contributed by atoms with van der Waals surface area (Å²) in [6, 6.07) is 3.99. The molecule has 1 aliphatic rings. The Morgan fingerprint density at radius 1 is 1.33 bits per heavy atom. The van der Waals surface area contributed by atoms with Crippen molar-refractivity contribution in [1.29, 1.82) is 0 Å². The van der Waals surface area contributed by atoms with Crippen LogP contribution in [0, 0.1) is 4.77 Å². The van der Waals surface area contributed by atoms with Gasteiger partial charge in [0.2, 0.25) is 10.6 Å². The zero-order valence-electron chi connectivity index (χ0n) is 11.0. The topological polar surface area (TPSA) is 74.7 Å². The van der Waals surface area contributed by atoms with Crippen LogP contribution >= 0.6 is 23.6 Å². The number of H-pyrrole nitrogens is 2. The fourth-order valence-electron chi connectivity index (χ4n) is 2.54. The molecule has 0 radical (unpaired) electrons. The molecule has 1 aliphatic carbocycles. The molecule has 2 N–H and O–H groups in total. The van der Waals surface area contributed by atoms with Crippen molar-refractivity contribution in [2.75, 3.05) is 0 Å². The number of aromatic amines is 2. The third-order valence-electron chi connectivity index (χ3n) is 3.51. The molecule has 0 unspecified atom stereocenters. The van der Waals surface area contributed by atoms with E-state index in [9.17, 15) is 0 Å². The van der Waals surface area contributed by atoms with Gasteiger partial charge in [-0.15, -0.1) is 11.3 Å². The number of hydrogen-bond donors (Lipinski definition) is 2. The molecule has 4 rings (SSSR count). The number of nitrogens with one attached hydrogen (secondary N) is 2. The Hall–Kier alpha value is -2.06. The van der Waals surface area contributed by atoms with E-state index < -0.39 is 0 Å². The predicted octanol–water partition coefficient (Wildman–Crippen LogP) is 2.76. The Kier molecular flexibility index (Phi) is 3.04. The van der Waals surface area contributed by atoms with Crippen molar-refractivity contribution in [1.82, 2.24) is 25.1 Å². The van der Waals surface area contributed by atoms with Crippen molar-refractivity contribution in [2.45, 2.75) is 19.3 Å². The Morgan fingerprint density at radius 3 is 3.14 bits per heavy atom. The van der Waals surface area contributed by atoms with Crippen molar-refractivity contribution < 1.29 is 0 Å². The summed E-state index contributed by atoms with van der Waals surface area (Å²) in [7, 11) is 0. The van der Waals surface area contributed by atoms with E-state index in [0.29, 0.717) is 10.6 Å². The van der Waals surface area contributed by atoms with E-state index in [1.165, 1.54) is 11.3 Å². The van der Waals surface area contributed by atoms with Crippen LogP contribution in [0.25, 0.3) is 11.5 Å². The fourth-order valence-corrected chi connectivity index (χ4v) is 3.29. The number of aromatic nitrogens is 5. The van der Waals surface area contributed by atoms with Crippen molar-refractivity contribution in [2.24, 2.45) is 5.10 Å². The van der Waals surface area contributed by atoms with Crippen LogP contribution in [-0.4, -0.2) is 31.3 Å². The molecule has 106 valence electrons. The monoisotopic (exact) mass is 316 g/mol. The van der Waals surface area contributed by atoms with Gasteiger partial charge in [-0.05, 0) is 42.9 Å². The number of rotatable bonds is 3. The summed E-state index contributed by atoms with van der Waals surface area (Å²) in [6.45, 7) is 0. The summed E-state index contributed by atoms with van der Waals surface area (Å²) in [5.41, 5.74) is 3.28. The molecule has 0 saturated carbocycles. The quantitative estimate of drug-likeness (QED) is 0.576. The van der Waals surface area contributed by atoms with Crippen LogP contribution in [0.4, 0.5) is 0 Å². The van der Waals surface area contributed by atoms with Gasteiger partial charge in [-0.25, -0.2) is 5.10 Å². The largest absolute Gasteiger partial charge is 0.282 e. The van der Waals surface area contributed by atoms with Crippen LogP contribution in [0.15, 0.2) is 22.6 Å². The lowest BCUT2D eigenvalue weighted by Crippen LogP contribution is -1.96. The maximum absolute atomic E-state index is 5.27. The summed E-state index contributed by atoms with van der Waals surface area (Å²) in [4.78, 5) is 1.07. The van der Waals surface area contributed by atoms with Crippen LogP contribution < -0.4 is 0 Å². The standard InChI is InChI=1S/C13H12N6S2/c20-13-18-17-12(11-9-4-1-5-10(9)15-16-11)19(13)14-7-8-3-2-6-21-8/h2-3,6-7H,1,4-5H2,(H,15,16)(H,18,20)/b14-7+. The Morgan fingerprint density at radius 2 is 2.29 bits per heavy atom. The van der Waals surface area contributed by atoms with E-state index in [0.717, 1.165) is 29.8 Å². The number of aryl methyl sites for hydroxylation is 1. The second-order valence-electron chi connectivity index (χ2n) is 4.81. The van der Waals surface area contributed by atoms with Gasteiger partial charge in [0.15, 0.2) is 0 Å². The van der Waals surface area contributed by atoms with E-state index in [4.69, 9.17) is 12.2 Å². The molecule has 3 aromatic rings. The molecule has 0 fully saturated rings. The van der Waals surface area contributed by atoms with Crippen LogP contribution in [0.2, 0.25) is 0 Å². The highest BCUT2D eigenvalue weighted by molar-refractivity contribution is 7.71. The van der Waals surface area contributed by atoms with Crippen molar-refractivity contribution >= 4 is 29.8 Å². The molecule has 3 heterocycles. The molecule has 0 spiro atoms. The van der Waals surface area contributed by atoms with E-state index in [1.807, 2.05) is 17.5 Å². The molecule has 3 aromatic heterocycles. The van der Waals surface area contributed by atoms with Gasteiger partial charge in [-0.3, -0.25) is 5.10 Å². The van der Waals surface area contributed by atoms with Crippen LogP contribution in [0.3, 0.4) is 0 Å². The lowest BCUT2D eigenvalue weighted by molar-refractivity contribution is 0.844. The average Bonchev–Trinajstić information content (AvgIpc) is 3.21. The Labute approximate surface area is 129 Å². The third-order valence-corrected chi connectivity index (χ3v) is 4.58. The first-order valence-corrected chi connectivity index (χ1v) is 7.93. The first-order valence-electron chi connectivity index (χ1n) is 6.64. The molecule has 0 aromatic carbocycles. The van der Waals surface area contributed by atoms with E-state index in [2.05, 4.69) is 25.5 Å². The SMILES string of the molecule is S=c1[nH]nc(-c2n[nH]c3c2CCC3)n1/N=C/c1cccs1. The highest BCUT2D eigenvalue weighted by Gasteiger charge is 2.23. The fraction of sp³-hybridized carbons (Fsp3) is 0.231. The lowest BCUT2D eigenvalue weighted by Gasteiger charge is -1.99. The molecule has 6 nitrogen and oxygen atoms in total. The molecule has 8 heteroatoms. The van der Waals surface area contributed by atoms with Crippen LogP contribution in [0.5, 0.6) is 0 Å². The van der Waals surface area contributed by atoms with Gasteiger partial charge >= 0.3 is 0 Å². The normalized spacial score (nSPS) is 14.1. The molecular formula is C13H12N6S2. The average molecular weight is 316 g/mol. The first kappa shape index (κ1) is 12.7. The molecule has 0 atom stereocenters. The minimum absolute atomic E-state index is 0.465. The summed E-state index contributed by atoms with van der Waals surface area (Å²) >= 11 is 6.89. The van der Waals surface area contributed by atoms with Gasteiger partial charge in [0, 0.05) is 16.1 Å². The van der Waals surface area contributed by atoms with Crippen molar-refractivity contribution in [3.63, 3.8) is 0 Å². The highest BCUT2D eigenvalue weighted by atomic mass is 32.1. The molecule has 0 saturated heterocycles. The zero-order chi connectivity index (χ0) is 14.2. The summed E-state index contributed by atoms with van der Waals surface area (Å²) < 4.78 is 2.09. The van der Waals surface area contributed by atoms with Crippen LogP contribution in [-0.2, 0) is 12.8 Å². The van der Waals surface area contributed by atoms with Crippen molar-refractivity contribution in [3.05, 3.63) is 38.4 Å². The predicted molar refractivity (Wildman–Crippen MR) is 84.3 cm³/mol. The van der Waals surface area contributed by atoms with Gasteiger partial charge in [0.25, 0.3) is 0 Å². The van der Waals surface area contributed by atoms with Crippen LogP contribution in [0.1, 0.15) is 22.6 Å². The molecule has 0 amide bonds. The van der Waals surface area contributed by atoms with Gasteiger partial charge in [0.1, 0.15) is 5.69 Å². The maximum atomic E-state index is 5.27. The summed E-state index contributed by atoms with van der Waals surface area (Å²) in [6.07, 6.45) is 5.01. The highest BCUT2D eigenvalue weighted by Crippen LogP contribution is 2.29. The minimum atomic E-state index is 0.465. The van der Waals surface area contributed by atoms with E-state index >= 15 is 0 Å². The van der Waals surface area contributed by atoms with Gasteiger partial charge < -0.3 is 0 Å². The second-order valence-corrected chi connectivity index (χ2v) is 6.17. The van der Waals surface area contributed by atoms with E-state index in [1.54, 1.807) is 22.2 Å². The molecule has 0 bridgehead atoms. The molecule has 0 aliphatic heterocycles. The maximum Gasteiger partial charge on any atom is 0.216 e. The number of fused-ring (bicyclic) bond motifs is 1. The molecular weight excluding hydrogens is 304 g/mol. The van der Waals surface area contributed by atoms with Gasteiger partial charge in [0.05, 0.1) is 6.21 Å². The Bertz CT molecular complexity index is 852. The minimum Gasteiger partial charge on any atom is -0.282 e.